The molecule has 1 aliphatic rings. The molecule has 0 N–H and O–H groups in total. The Morgan fingerprint density at radius 2 is 2.14 bits per heavy atom. The number of carbonyl (C=O) groups excluding carboxylic acids is 2. The van der Waals surface area contributed by atoms with Gasteiger partial charge in [0.1, 0.15) is 0 Å². The van der Waals surface area contributed by atoms with Gasteiger partial charge in [0.2, 0.25) is 0 Å². The highest BCUT2D eigenvalue weighted by atomic mass is 16.2. The predicted molar refractivity (Wildman–Crippen MR) is 54.8 cm³/mol. The zero-order valence-corrected chi connectivity index (χ0v) is 9.20. The van der Waals surface area contributed by atoms with Crippen LogP contribution in [0, 0.1) is 5.92 Å². The van der Waals surface area contributed by atoms with E-state index in [0.29, 0.717) is 11.5 Å². The van der Waals surface area contributed by atoms with Crippen molar-refractivity contribution in [1.29, 1.82) is 0 Å². The number of rotatable bonds is 3. The van der Waals surface area contributed by atoms with Crippen LogP contribution in [0.5, 0.6) is 0 Å². The van der Waals surface area contributed by atoms with Crippen molar-refractivity contribution in [2.24, 2.45) is 5.92 Å². The molecule has 0 aliphatic carbocycles. The first-order chi connectivity index (χ1) is 6.43. The smallest absolute Gasteiger partial charge is 0.252 e. The van der Waals surface area contributed by atoms with Crippen LogP contribution in [0.4, 0.5) is 0 Å². The van der Waals surface area contributed by atoms with Gasteiger partial charge in [0.05, 0.1) is 6.04 Å². The van der Waals surface area contributed by atoms with Crippen molar-refractivity contribution in [1.82, 2.24) is 4.90 Å². The zero-order valence-electron chi connectivity index (χ0n) is 9.20. The fraction of sp³-hybridized carbons (Fsp3) is 0.636. The molecule has 1 saturated heterocycles. The number of hydrogen-bond donors (Lipinski definition) is 0. The molecule has 1 aliphatic heterocycles. The molecule has 1 atom stereocenters. The molecule has 1 rings (SSSR count). The van der Waals surface area contributed by atoms with Gasteiger partial charge < -0.3 is 4.90 Å². The second-order valence-electron chi connectivity index (χ2n) is 4.24. The van der Waals surface area contributed by atoms with Crippen molar-refractivity contribution in [2.75, 3.05) is 6.54 Å². The van der Waals surface area contributed by atoms with Gasteiger partial charge >= 0.3 is 0 Å². The van der Waals surface area contributed by atoms with E-state index in [4.69, 9.17) is 0 Å². The summed E-state index contributed by atoms with van der Waals surface area (Å²) in [5.74, 6) is 0.436. The largest absolute Gasteiger partial charge is 0.332 e. The van der Waals surface area contributed by atoms with Crippen molar-refractivity contribution in [3.63, 3.8) is 0 Å². The normalized spacial score (nSPS) is 24.4. The lowest BCUT2D eigenvalue weighted by molar-refractivity contribution is -0.137. The number of allylic oxidation sites excluding steroid dienone is 1. The second-order valence-corrected chi connectivity index (χ2v) is 4.24. The van der Waals surface area contributed by atoms with E-state index in [9.17, 15) is 9.59 Å². The van der Waals surface area contributed by atoms with Gasteiger partial charge in [-0.25, -0.2) is 0 Å². The van der Waals surface area contributed by atoms with Crippen molar-refractivity contribution < 1.29 is 9.59 Å². The third kappa shape index (κ3) is 2.03. The molecule has 1 unspecified atom stereocenters. The number of likely N-dealkylation sites (tertiary alicyclic amines) is 1. The van der Waals surface area contributed by atoms with E-state index < -0.39 is 0 Å². The van der Waals surface area contributed by atoms with E-state index in [-0.39, 0.29) is 17.7 Å². The van der Waals surface area contributed by atoms with Crippen molar-refractivity contribution in [3.8, 4) is 0 Å². The van der Waals surface area contributed by atoms with Crippen molar-refractivity contribution in [3.05, 3.63) is 11.6 Å². The van der Waals surface area contributed by atoms with Gasteiger partial charge in [-0.3, -0.25) is 9.59 Å². The molecule has 0 saturated carbocycles. The summed E-state index contributed by atoms with van der Waals surface area (Å²) in [6.45, 7) is 8.35. The lowest BCUT2D eigenvalue weighted by Gasteiger charge is -2.41. The molecule has 3 nitrogen and oxygen atoms in total. The van der Waals surface area contributed by atoms with Gasteiger partial charge in [-0.2, -0.15) is 0 Å². The Balaban J connectivity index is 2.66. The highest BCUT2D eigenvalue weighted by molar-refractivity contribution is 6.06. The lowest BCUT2D eigenvalue weighted by Crippen LogP contribution is -2.54. The molecule has 0 aromatic rings. The van der Waals surface area contributed by atoms with Crippen LogP contribution in [0.1, 0.15) is 27.7 Å². The van der Waals surface area contributed by atoms with Crippen molar-refractivity contribution in [2.45, 2.75) is 33.7 Å². The van der Waals surface area contributed by atoms with Crippen LogP contribution < -0.4 is 0 Å². The average Bonchev–Trinajstić information content (AvgIpc) is 2.09. The quantitative estimate of drug-likeness (QED) is 0.504. The molecule has 0 spiro atoms. The van der Waals surface area contributed by atoms with Gasteiger partial charge in [0, 0.05) is 12.1 Å². The summed E-state index contributed by atoms with van der Waals surface area (Å²) in [6, 6.07) is 0.105. The van der Waals surface area contributed by atoms with Crippen LogP contribution in [-0.4, -0.2) is 29.2 Å². The van der Waals surface area contributed by atoms with Crippen LogP contribution in [0.25, 0.3) is 0 Å². The molecular formula is C11H17NO2. The summed E-state index contributed by atoms with van der Waals surface area (Å²) in [4.78, 5) is 24.2. The van der Waals surface area contributed by atoms with E-state index in [1.807, 2.05) is 6.92 Å². The Kier molecular flexibility index (Phi) is 3.09. The minimum absolute atomic E-state index is 0.0152. The van der Waals surface area contributed by atoms with E-state index >= 15 is 0 Å². The first kappa shape index (κ1) is 11.0. The first-order valence-electron chi connectivity index (χ1n) is 4.96. The molecule has 0 radical (unpaired) electrons. The van der Waals surface area contributed by atoms with Gasteiger partial charge in [0.25, 0.3) is 5.91 Å². The van der Waals surface area contributed by atoms with Crippen LogP contribution in [0.15, 0.2) is 11.6 Å². The molecule has 0 bridgehead atoms. The highest BCUT2D eigenvalue weighted by Gasteiger charge is 2.38. The van der Waals surface area contributed by atoms with E-state index in [1.165, 1.54) is 13.0 Å². The minimum Gasteiger partial charge on any atom is -0.332 e. The highest BCUT2D eigenvalue weighted by Crippen LogP contribution is 2.26. The number of amides is 1. The molecule has 0 aromatic heterocycles. The predicted octanol–water partition coefficient (Wildman–Crippen LogP) is 1.39. The summed E-state index contributed by atoms with van der Waals surface area (Å²) in [7, 11) is 0. The second kappa shape index (κ2) is 3.95. The topological polar surface area (TPSA) is 37.4 Å². The summed E-state index contributed by atoms with van der Waals surface area (Å²) >= 11 is 0. The molecule has 78 valence electrons. The average molecular weight is 195 g/mol. The van der Waals surface area contributed by atoms with Gasteiger partial charge in [-0.05, 0) is 25.8 Å². The number of β-lactam (4-membered cyclic amide) rings is 1. The number of nitrogens with zero attached hydrogens (tertiary/aromatic N) is 1. The summed E-state index contributed by atoms with van der Waals surface area (Å²) in [6.07, 6.45) is 1.45. The number of ketones is 1. The third-order valence-corrected chi connectivity index (χ3v) is 2.35. The Hall–Kier alpha value is -1.12. The first-order valence-corrected chi connectivity index (χ1v) is 4.96. The standard InChI is InChI=1S/C11H17NO2/c1-7(2)6-12-9(4)10(11(12)14)5-8(3)13/h5,7,9H,6H2,1-4H3/b10-5-. The zero-order chi connectivity index (χ0) is 10.9. The summed E-state index contributed by atoms with van der Waals surface area (Å²) in [5, 5.41) is 0. The maximum absolute atomic E-state index is 11.5. The Morgan fingerprint density at radius 3 is 2.50 bits per heavy atom. The Morgan fingerprint density at radius 1 is 1.57 bits per heavy atom. The van der Waals surface area contributed by atoms with Crippen molar-refractivity contribution >= 4 is 11.7 Å². The summed E-state index contributed by atoms with van der Waals surface area (Å²) in [5.41, 5.74) is 0.651. The molecule has 1 amide bonds. The van der Waals surface area contributed by atoms with Crippen LogP contribution in [0.2, 0.25) is 0 Å². The fourth-order valence-electron chi connectivity index (χ4n) is 1.66. The number of carbonyl (C=O) groups is 2. The van der Waals surface area contributed by atoms with Gasteiger partial charge in [-0.1, -0.05) is 13.8 Å². The van der Waals surface area contributed by atoms with Gasteiger partial charge in [0.15, 0.2) is 5.78 Å². The van der Waals surface area contributed by atoms with E-state index in [1.54, 1.807) is 4.90 Å². The SMILES string of the molecule is CC(=O)/C=C1\C(=O)N(CC(C)C)C1C. The lowest BCUT2D eigenvalue weighted by atomic mass is 9.93. The molecule has 14 heavy (non-hydrogen) atoms. The molecule has 3 heteroatoms. The van der Waals surface area contributed by atoms with E-state index in [2.05, 4.69) is 13.8 Å². The van der Waals surface area contributed by atoms with Gasteiger partial charge in [-0.15, -0.1) is 0 Å². The molecule has 0 aromatic carbocycles. The van der Waals surface area contributed by atoms with Crippen LogP contribution >= 0.6 is 0 Å². The van der Waals surface area contributed by atoms with E-state index in [0.717, 1.165) is 6.54 Å². The molecular weight excluding hydrogens is 178 g/mol. The minimum atomic E-state index is -0.0515. The van der Waals surface area contributed by atoms with Crippen LogP contribution in [-0.2, 0) is 9.59 Å². The third-order valence-electron chi connectivity index (χ3n) is 2.35. The van der Waals surface area contributed by atoms with Crippen LogP contribution in [0.3, 0.4) is 0 Å². The molecule has 1 fully saturated rings. The molecule has 1 heterocycles. The maximum Gasteiger partial charge on any atom is 0.252 e. The Labute approximate surface area is 84.8 Å². The fourth-order valence-corrected chi connectivity index (χ4v) is 1.66. The maximum atomic E-state index is 11.5. The number of hydrogen-bond acceptors (Lipinski definition) is 2. The Bertz CT molecular complexity index is 292. The monoisotopic (exact) mass is 195 g/mol. The summed E-state index contributed by atoms with van der Waals surface area (Å²) < 4.78 is 0.